The van der Waals surface area contributed by atoms with Crippen LogP contribution in [-0.2, 0) is 0 Å². The lowest BCUT2D eigenvalue weighted by Crippen LogP contribution is -2.07. The predicted octanol–water partition coefficient (Wildman–Crippen LogP) is 2.35. The SMILES string of the molecule is COc1ccc(Sc2nnc(N(C)C)s2)c(N)c1. The maximum absolute atomic E-state index is 5.96. The summed E-state index contributed by atoms with van der Waals surface area (Å²) in [4.78, 5) is 2.89. The summed E-state index contributed by atoms with van der Waals surface area (Å²) in [5, 5.41) is 9.08. The quantitative estimate of drug-likeness (QED) is 0.868. The van der Waals surface area contributed by atoms with E-state index in [2.05, 4.69) is 10.2 Å². The van der Waals surface area contributed by atoms with E-state index in [0.717, 1.165) is 20.1 Å². The molecule has 0 aliphatic rings. The Morgan fingerprint density at radius 1 is 1.33 bits per heavy atom. The van der Waals surface area contributed by atoms with Crippen molar-refractivity contribution in [3.63, 3.8) is 0 Å². The van der Waals surface area contributed by atoms with E-state index in [1.165, 1.54) is 23.1 Å². The van der Waals surface area contributed by atoms with E-state index < -0.39 is 0 Å². The van der Waals surface area contributed by atoms with E-state index in [9.17, 15) is 0 Å². The summed E-state index contributed by atoms with van der Waals surface area (Å²) in [6, 6.07) is 5.61. The van der Waals surface area contributed by atoms with Crippen molar-refractivity contribution < 1.29 is 4.74 Å². The molecule has 1 aromatic heterocycles. The molecule has 0 fully saturated rings. The summed E-state index contributed by atoms with van der Waals surface area (Å²) in [5.41, 5.74) is 6.64. The minimum absolute atomic E-state index is 0.681. The number of anilines is 2. The van der Waals surface area contributed by atoms with Crippen molar-refractivity contribution in [2.45, 2.75) is 9.24 Å². The second kappa shape index (κ2) is 5.45. The molecule has 0 unspecified atom stereocenters. The van der Waals surface area contributed by atoms with E-state index in [1.54, 1.807) is 13.2 Å². The van der Waals surface area contributed by atoms with Crippen LogP contribution in [0.15, 0.2) is 27.4 Å². The van der Waals surface area contributed by atoms with Crippen LogP contribution in [0.5, 0.6) is 5.75 Å². The first-order chi connectivity index (χ1) is 8.60. The van der Waals surface area contributed by atoms with Gasteiger partial charge in [0.2, 0.25) is 5.13 Å². The fourth-order valence-corrected chi connectivity index (χ4v) is 3.01. The fourth-order valence-electron chi connectivity index (χ4n) is 1.27. The van der Waals surface area contributed by atoms with Crippen molar-refractivity contribution in [3.8, 4) is 5.75 Å². The van der Waals surface area contributed by atoms with Gasteiger partial charge in [0.1, 0.15) is 5.75 Å². The molecule has 0 aliphatic heterocycles. The summed E-state index contributed by atoms with van der Waals surface area (Å²) in [6.45, 7) is 0. The van der Waals surface area contributed by atoms with E-state index in [4.69, 9.17) is 10.5 Å². The Labute approximate surface area is 114 Å². The number of methoxy groups -OCH3 is 1. The number of aromatic nitrogens is 2. The molecule has 2 rings (SSSR count). The van der Waals surface area contributed by atoms with E-state index in [1.807, 2.05) is 31.1 Å². The molecule has 0 saturated heterocycles. The minimum atomic E-state index is 0.681. The predicted molar refractivity (Wildman–Crippen MR) is 75.8 cm³/mol. The third-order valence-corrected chi connectivity index (χ3v) is 4.43. The van der Waals surface area contributed by atoms with Crippen LogP contribution in [-0.4, -0.2) is 31.4 Å². The van der Waals surface area contributed by atoms with Gasteiger partial charge < -0.3 is 15.4 Å². The standard InChI is InChI=1S/C11H14N4OS2/c1-15(2)10-13-14-11(18-10)17-9-5-4-7(16-3)6-8(9)12/h4-6H,12H2,1-3H3. The molecular weight excluding hydrogens is 268 g/mol. The van der Waals surface area contributed by atoms with Crippen LogP contribution in [0.25, 0.3) is 0 Å². The second-order valence-electron chi connectivity index (χ2n) is 3.75. The van der Waals surface area contributed by atoms with E-state index in [-0.39, 0.29) is 0 Å². The second-order valence-corrected chi connectivity index (χ2v) is 6.00. The molecule has 0 aliphatic carbocycles. The van der Waals surface area contributed by atoms with E-state index in [0.29, 0.717) is 5.69 Å². The van der Waals surface area contributed by atoms with Gasteiger partial charge in [-0.3, -0.25) is 0 Å². The van der Waals surface area contributed by atoms with Gasteiger partial charge in [-0.05, 0) is 12.1 Å². The van der Waals surface area contributed by atoms with Crippen LogP contribution in [0.3, 0.4) is 0 Å². The van der Waals surface area contributed by atoms with Gasteiger partial charge >= 0.3 is 0 Å². The molecule has 2 N–H and O–H groups in total. The van der Waals surface area contributed by atoms with Crippen molar-refractivity contribution >= 4 is 33.9 Å². The van der Waals surface area contributed by atoms with Gasteiger partial charge in [-0.25, -0.2) is 0 Å². The Hall–Kier alpha value is -1.47. The lowest BCUT2D eigenvalue weighted by atomic mass is 10.3. The molecule has 7 heteroatoms. The first kappa shape index (κ1) is 13.0. The van der Waals surface area contributed by atoms with Crippen molar-refractivity contribution in [3.05, 3.63) is 18.2 Å². The molecule has 1 aromatic carbocycles. The Morgan fingerprint density at radius 2 is 2.11 bits per heavy atom. The molecule has 0 atom stereocenters. The number of nitrogens with zero attached hydrogens (tertiary/aromatic N) is 3. The lowest BCUT2D eigenvalue weighted by Gasteiger charge is -2.05. The molecular formula is C11H14N4OS2. The third kappa shape index (κ3) is 2.85. The van der Waals surface area contributed by atoms with Crippen molar-refractivity contribution in [1.82, 2.24) is 10.2 Å². The van der Waals surface area contributed by atoms with Crippen molar-refractivity contribution in [2.75, 3.05) is 31.8 Å². The molecule has 1 heterocycles. The number of hydrogen-bond donors (Lipinski definition) is 1. The molecule has 18 heavy (non-hydrogen) atoms. The number of nitrogen functional groups attached to an aromatic ring is 1. The average Bonchev–Trinajstić information content (AvgIpc) is 2.80. The number of rotatable bonds is 4. The number of ether oxygens (including phenoxy) is 1. The zero-order valence-electron chi connectivity index (χ0n) is 10.4. The summed E-state index contributed by atoms with van der Waals surface area (Å²) in [5.74, 6) is 0.753. The highest BCUT2D eigenvalue weighted by Crippen LogP contribution is 2.36. The van der Waals surface area contributed by atoms with Crippen LogP contribution in [0.2, 0.25) is 0 Å². The number of hydrogen-bond acceptors (Lipinski definition) is 7. The summed E-state index contributed by atoms with van der Waals surface area (Å²) >= 11 is 3.04. The summed E-state index contributed by atoms with van der Waals surface area (Å²) in [6.07, 6.45) is 0. The van der Waals surface area contributed by atoms with E-state index >= 15 is 0 Å². The number of nitrogens with two attached hydrogens (primary N) is 1. The zero-order chi connectivity index (χ0) is 13.1. The smallest absolute Gasteiger partial charge is 0.208 e. The third-order valence-electron chi connectivity index (χ3n) is 2.19. The fraction of sp³-hybridized carbons (Fsp3) is 0.273. The van der Waals surface area contributed by atoms with Gasteiger partial charge in [-0.15, -0.1) is 10.2 Å². The summed E-state index contributed by atoms with van der Waals surface area (Å²) in [7, 11) is 5.50. The maximum atomic E-state index is 5.96. The van der Waals surface area contributed by atoms with Gasteiger partial charge in [0.05, 0.1) is 7.11 Å². The largest absolute Gasteiger partial charge is 0.497 e. The molecule has 5 nitrogen and oxygen atoms in total. The topological polar surface area (TPSA) is 64.3 Å². The molecule has 0 bridgehead atoms. The molecule has 0 spiro atoms. The molecule has 0 saturated carbocycles. The first-order valence-electron chi connectivity index (χ1n) is 5.22. The van der Waals surface area contributed by atoms with Gasteiger partial charge in [-0.1, -0.05) is 23.1 Å². The Balaban J connectivity index is 2.17. The first-order valence-corrected chi connectivity index (χ1v) is 6.85. The Kier molecular flexibility index (Phi) is 3.93. The highest BCUT2D eigenvalue weighted by molar-refractivity contribution is 8.01. The highest BCUT2D eigenvalue weighted by atomic mass is 32.2. The minimum Gasteiger partial charge on any atom is -0.497 e. The Bertz CT molecular complexity index is 542. The van der Waals surface area contributed by atoms with Crippen LogP contribution < -0.4 is 15.4 Å². The molecule has 0 radical (unpaired) electrons. The molecule has 96 valence electrons. The molecule has 0 amide bonds. The average molecular weight is 282 g/mol. The van der Waals surface area contributed by atoms with Gasteiger partial charge in [0.25, 0.3) is 0 Å². The van der Waals surface area contributed by atoms with Gasteiger partial charge in [0, 0.05) is 30.7 Å². The Morgan fingerprint density at radius 3 is 2.67 bits per heavy atom. The van der Waals surface area contributed by atoms with Crippen molar-refractivity contribution in [2.24, 2.45) is 0 Å². The number of benzene rings is 1. The van der Waals surface area contributed by atoms with Crippen molar-refractivity contribution in [1.29, 1.82) is 0 Å². The van der Waals surface area contributed by atoms with Gasteiger partial charge in [-0.2, -0.15) is 0 Å². The maximum Gasteiger partial charge on any atom is 0.208 e. The van der Waals surface area contributed by atoms with Crippen LogP contribution >= 0.6 is 23.1 Å². The van der Waals surface area contributed by atoms with Gasteiger partial charge in [0.15, 0.2) is 4.34 Å². The lowest BCUT2D eigenvalue weighted by molar-refractivity contribution is 0.415. The summed E-state index contributed by atoms with van der Waals surface area (Å²) < 4.78 is 5.99. The molecule has 2 aromatic rings. The van der Waals surface area contributed by atoms with Crippen LogP contribution in [0.1, 0.15) is 0 Å². The zero-order valence-corrected chi connectivity index (χ0v) is 12.0. The highest BCUT2D eigenvalue weighted by Gasteiger charge is 2.09. The normalized spacial score (nSPS) is 10.4. The van der Waals surface area contributed by atoms with Crippen LogP contribution in [0, 0.1) is 0 Å². The monoisotopic (exact) mass is 282 g/mol. The van der Waals surface area contributed by atoms with Crippen LogP contribution in [0.4, 0.5) is 10.8 Å².